The Bertz CT molecular complexity index is 1440. The van der Waals surface area contributed by atoms with Crippen LogP contribution >= 0.6 is 0 Å². The van der Waals surface area contributed by atoms with E-state index < -0.39 is 10.0 Å². The topological polar surface area (TPSA) is 104 Å². The van der Waals surface area contributed by atoms with Crippen LogP contribution in [0.15, 0.2) is 59.9 Å². The highest BCUT2D eigenvalue weighted by Gasteiger charge is 2.26. The summed E-state index contributed by atoms with van der Waals surface area (Å²) in [4.78, 5) is 9.77. The van der Waals surface area contributed by atoms with Crippen molar-refractivity contribution in [2.75, 3.05) is 31.2 Å². The first kappa shape index (κ1) is 20.3. The average molecular weight is 448 g/mol. The van der Waals surface area contributed by atoms with Gasteiger partial charge in [0, 0.05) is 42.8 Å². The molecule has 9 heteroatoms. The summed E-state index contributed by atoms with van der Waals surface area (Å²) in [5, 5.41) is 9.99. The van der Waals surface area contributed by atoms with E-state index in [1.54, 1.807) is 48.9 Å². The van der Waals surface area contributed by atoms with Crippen molar-refractivity contribution in [2.24, 2.45) is 0 Å². The number of rotatable bonds is 4. The lowest BCUT2D eigenvalue weighted by atomic mass is 10.1. The van der Waals surface area contributed by atoms with E-state index in [0.717, 1.165) is 22.2 Å². The van der Waals surface area contributed by atoms with Crippen molar-refractivity contribution >= 4 is 26.7 Å². The van der Waals surface area contributed by atoms with Crippen LogP contribution in [0.25, 0.3) is 22.2 Å². The van der Waals surface area contributed by atoms with Gasteiger partial charge in [0.15, 0.2) is 5.65 Å². The van der Waals surface area contributed by atoms with Gasteiger partial charge in [-0.3, -0.25) is 0 Å². The largest absolute Gasteiger partial charge is 0.378 e. The van der Waals surface area contributed by atoms with Crippen molar-refractivity contribution < 1.29 is 13.2 Å². The van der Waals surface area contributed by atoms with Crippen molar-refractivity contribution in [1.29, 1.82) is 5.26 Å². The predicted octanol–water partition coefficient (Wildman–Crippen LogP) is 3.29. The standard InChI is InChI=1S/C23H21N5O3S/c1-16-2-4-19(5-3-16)32(29,30)28-15-20(17-12-18(13-24)26-14-17)22-21(6-7-25-23(22)28)27-8-10-31-11-9-27/h2-7,12,14-15,26H,8-11H2,1H3. The van der Waals surface area contributed by atoms with Gasteiger partial charge in [0.1, 0.15) is 11.8 Å². The molecule has 3 aromatic heterocycles. The molecule has 1 saturated heterocycles. The zero-order valence-electron chi connectivity index (χ0n) is 17.4. The second-order valence-corrected chi connectivity index (χ2v) is 9.51. The molecule has 0 radical (unpaired) electrons. The summed E-state index contributed by atoms with van der Waals surface area (Å²) in [7, 11) is -3.88. The normalized spacial score (nSPS) is 14.6. The van der Waals surface area contributed by atoms with Crippen molar-refractivity contribution in [3.63, 3.8) is 0 Å². The number of hydrogen-bond acceptors (Lipinski definition) is 6. The number of fused-ring (bicyclic) bond motifs is 1. The number of nitriles is 1. The number of nitrogens with zero attached hydrogens (tertiary/aromatic N) is 4. The van der Waals surface area contributed by atoms with Gasteiger partial charge in [-0.25, -0.2) is 17.4 Å². The van der Waals surface area contributed by atoms with E-state index >= 15 is 0 Å². The van der Waals surface area contributed by atoms with Crippen LogP contribution in [0.2, 0.25) is 0 Å². The van der Waals surface area contributed by atoms with Gasteiger partial charge in [0.05, 0.1) is 29.2 Å². The van der Waals surface area contributed by atoms with E-state index in [4.69, 9.17) is 4.74 Å². The first-order chi connectivity index (χ1) is 15.5. The minimum absolute atomic E-state index is 0.192. The lowest BCUT2D eigenvalue weighted by Crippen LogP contribution is -2.36. The zero-order chi connectivity index (χ0) is 22.3. The molecule has 1 aliphatic heterocycles. The number of aromatic nitrogens is 3. The van der Waals surface area contributed by atoms with Crippen LogP contribution in [-0.2, 0) is 14.8 Å². The summed E-state index contributed by atoms with van der Waals surface area (Å²) < 4.78 is 33.9. The van der Waals surface area contributed by atoms with Gasteiger partial charge < -0.3 is 14.6 Å². The molecule has 1 aliphatic rings. The molecular formula is C23H21N5O3S. The van der Waals surface area contributed by atoms with E-state index in [-0.39, 0.29) is 4.90 Å². The molecule has 1 N–H and O–H groups in total. The van der Waals surface area contributed by atoms with Gasteiger partial charge in [0.25, 0.3) is 10.0 Å². The number of pyridine rings is 1. The zero-order valence-corrected chi connectivity index (χ0v) is 18.3. The Hall–Kier alpha value is -3.61. The fourth-order valence-corrected chi connectivity index (χ4v) is 5.33. The first-order valence-electron chi connectivity index (χ1n) is 10.2. The van der Waals surface area contributed by atoms with Crippen LogP contribution in [0.4, 0.5) is 5.69 Å². The SMILES string of the molecule is Cc1ccc(S(=O)(=O)n2cc(-c3c[nH]c(C#N)c3)c3c(N4CCOCC4)ccnc32)cc1. The maximum atomic E-state index is 13.6. The number of hydrogen-bond donors (Lipinski definition) is 1. The van der Waals surface area contributed by atoms with E-state index in [1.807, 2.05) is 13.0 Å². The van der Waals surface area contributed by atoms with Gasteiger partial charge in [-0.05, 0) is 31.2 Å². The van der Waals surface area contributed by atoms with Crippen LogP contribution < -0.4 is 4.90 Å². The Morgan fingerprint density at radius 2 is 1.91 bits per heavy atom. The molecule has 4 aromatic rings. The van der Waals surface area contributed by atoms with Crippen molar-refractivity contribution in [3.05, 3.63) is 66.2 Å². The molecule has 5 rings (SSSR count). The van der Waals surface area contributed by atoms with E-state index in [9.17, 15) is 13.7 Å². The number of anilines is 1. The van der Waals surface area contributed by atoms with Crippen LogP contribution in [0.1, 0.15) is 11.3 Å². The quantitative estimate of drug-likeness (QED) is 0.515. The molecule has 8 nitrogen and oxygen atoms in total. The summed E-state index contributed by atoms with van der Waals surface area (Å²) >= 11 is 0. The van der Waals surface area contributed by atoms with Gasteiger partial charge in [0.2, 0.25) is 0 Å². The average Bonchev–Trinajstić information content (AvgIpc) is 3.45. The Balaban J connectivity index is 1.78. The summed E-state index contributed by atoms with van der Waals surface area (Å²) in [5.41, 5.74) is 4.05. The maximum absolute atomic E-state index is 13.6. The summed E-state index contributed by atoms with van der Waals surface area (Å²) in [6.07, 6.45) is 4.95. The molecule has 0 atom stereocenters. The van der Waals surface area contributed by atoms with Crippen molar-refractivity contribution in [2.45, 2.75) is 11.8 Å². The van der Waals surface area contributed by atoms with Crippen molar-refractivity contribution in [1.82, 2.24) is 13.9 Å². The van der Waals surface area contributed by atoms with Crippen LogP contribution in [0, 0.1) is 18.3 Å². The molecule has 0 spiro atoms. The van der Waals surface area contributed by atoms with Gasteiger partial charge in [-0.1, -0.05) is 17.7 Å². The van der Waals surface area contributed by atoms with Crippen LogP contribution in [0.3, 0.4) is 0 Å². The fraction of sp³-hybridized carbons (Fsp3) is 0.217. The summed E-state index contributed by atoms with van der Waals surface area (Å²) in [6.45, 7) is 4.51. The third-order valence-electron chi connectivity index (χ3n) is 5.68. The highest BCUT2D eigenvalue weighted by Crippen LogP contribution is 2.38. The molecule has 4 heterocycles. The molecule has 0 aliphatic carbocycles. The first-order valence-corrected chi connectivity index (χ1v) is 11.7. The predicted molar refractivity (Wildman–Crippen MR) is 121 cm³/mol. The number of benzene rings is 1. The second-order valence-electron chi connectivity index (χ2n) is 7.70. The molecule has 1 aromatic carbocycles. The monoisotopic (exact) mass is 447 g/mol. The van der Waals surface area contributed by atoms with Crippen LogP contribution in [-0.4, -0.2) is 48.7 Å². The number of nitrogens with one attached hydrogen (secondary N) is 1. The molecule has 0 saturated carbocycles. The van der Waals surface area contributed by atoms with Gasteiger partial charge in [-0.15, -0.1) is 0 Å². The van der Waals surface area contributed by atoms with Crippen LogP contribution in [0.5, 0.6) is 0 Å². The second kappa shape index (κ2) is 7.82. The highest BCUT2D eigenvalue weighted by atomic mass is 32.2. The Kier molecular flexibility index (Phi) is 4.96. The Labute approximate surface area is 185 Å². The number of H-pyrrole nitrogens is 1. The number of aryl methyl sites for hydroxylation is 1. The smallest absolute Gasteiger partial charge is 0.269 e. The van der Waals surface area contributed by atoms with E-state index in [0.29, 0.717) is 43.2 Å². The molecule has 32 heavy (non-hydrogen) atoms. The van der Waals surface area contributed by atoms with E-state index in [1.165, 1.54) is 3.97 Å². The fourth-order valence-electron chi connectivity index (χ4n) is 4.02. The molecule has 0 unspecified atom stereocenters. The Morgan fingerprint density at radius 3 is 2.59 bits per heavy atom. The lowest BCUT2D eigenvalue weighted by Gasteiger charge is -2.29. The lowest BCUT2D eigenvalue weighted by molar-refractivity contribution is 0.123. The maximum Gasteiger partial charge on any atom is 0.269 e. The third-order valence-corrected chi connectivity index (χ3v) is 7.34. The van der Waals surface area contributed by atoms with E-state index in [2.05, 4.69) is 20.9 Å². The molecule has 0 amide bonds. The molecule has 0 bridgehead atoms. The molecule has 1 fully saturated rings. The minimum Gasteiger partial charge on any atom is -0.378 e. The summed E-state index contributed by atoms with van der Waals surface area (Å²) in [6, 6.07) is 12.5. The Morgan fingerprint density at radius 1 is 1.16 bits per heavy atom. The molecular weight excluding hydrogens is 426 g/mol. The number of morpholine rings is 1. The van der Waals surface area contributed by atoms with Gasteiger partial charge >= 0.3 is 0 Å². The minimum atomic E-state index is -3.88. The molecule has 162 valence electrons. The summed E-state index contributed by atoms with van der Waals surface area (Å²) in [5.74, 6) is 0. The van der Waals surface area contributed by atoms with Crippen molar-refractivity contribution in [3.8, 4) is 17.2 Å². The third kappa shape index (κ3) is 3.34. The number of aromatic amines is 1. The van der Waals surface area contributed by atoms with Gasteiger partial charge in [-0.2, -0.15) is 5.26 Å². The number of ether oxygens (including phenoxy) is 1. The highest BCUT2D eigenvalue weighted by molar-refractivity contribution is 7.90.